The first-order valence-corrected chi connectivity index (χ1v) is 13.9. The van der Waals surface area contributed by atoms with E-state index >= 15 is 0 Å². The van der Waals surface area contributed by atoms with Gasteiger partial charge in [0.2, 0.25) is 0 Å². The first-order chi connectivity index (χ1) is 20.4. The van der Waals surface area contributed by atoms with Crippen LogP contribution in [0.2, 0.25) is 0 Å². The van der Waals surface area contributed by atoms with Crippen molar-refractivity contribution in [1.82, 2.24) is 20.2 Å². The Balaban J connectivity index is 3.93. The number of nitrogens with one attached hydrogen (secondary N) is 1. The molecule has 1 aromatic rings. The molecule has 1 aromatic heterocycles. The van der Waals surface area contributed by atoms with E-state index in [0.29, 0.717) is 85.5 Å². The lowest BCUT2D eigenvalue weighted by atomic mass is 10.2. The molecule has 0 aromatic carbocycles. The summed E-state index contributed by atoms with van der Waals surface area (Å²) in [5, 5.41) is 2.84. The van der Waals surface area contributed by atoms with Crippen LogP contribution in [0.1, 0.15) is 21.0 Å². The van der Waals surface area contributed by atoms with Gasteiger partial charge < -0.3 is 53.2 Å². The standard InChI is InChI=1S/C27H50N6O9/c1-36-15-8-28-26(34)22-24(31(9-16-37-2)10-17-38-3)30-23(27(35)33(13-20-41-6)14-21-42-7)25(29-22)32(11-18-39-4)12-19-40-5/h8-21H2,1-7H3,(H,28,34). The van der Waals surface area contributed by atoms with Crippen molar-refractivity contribution in [3.05, 3.63) is 11.4 Å². The van der Waals surface area contributed by atoms with Gasteiger partial charge in [0.05, 0.1) is 46.2 Å². The van der Waals surface area contributed by atoms with E-state index in [0.717, 1.165) is 0 Å². The summed E-state index contributed by atoms with van der Waals surface area (Å²) in [6.07, 6.45) is 0. The summed E-state index contributed by atoms with van der Waals surface area (Å²) >= 11 is 0. The smallest absolute Gasteiger partial charge is 0.276 e. The SMILES string of the molecule is COCCNC(=O)c1nc(N(CCOC)CCOC)c(C(=O)N(CCOC)CCOC)nc1N(CCOC)CCOC. The van der Waals surface area contributed by atoms with Crippen LogP contribution >= 0.6 is 0 Å². The van der Waals surface area contributed by atoms with Crippen LogP contribution in [0.5, 0.6) is 0 Å². The van der Waals surface area contributed by atoms with Crippen molar-refractivity contribution < 1.29 is 42.7 Å². The molecular formula is C27H50N6O9. The van der Waals surface area contributed by atoms with Crippen molar-refractivity contribution in [2.24, 2.45) is 0 Å². The number of aromatic nitrogens is 2. The maximum atomic E-state index is 14.2. The second-order valence-electron chi connectivity index (χ2n) is 9.04. The Morgan fingerprint density at radius 3 is 1.31 bits per heavy atom. The Bertz CT molecular complexity index is 872. The van der Waals surface area contributed by atoms with Crippen molar-refractivity contribution in [2.75, 3.05) is 152 Å². The zero-order valence-corrected chi connectivity index (χ0v) is 26.3. The van der Waals surface area contributed by atoms with Crippen LogP contribution in [0, 0.1) is 0 Å². The Kier molecular flexibility index (Phi) is 20.4. The molecule has 1 heterocycles. The van der Waals surface area contributed by atoms with E-state index in [9.17, 15) is 9.59 Å². The van der Waals surface area contributed by atoms with Crippen LogP contribution in [-0.4, -0.2) is 169 Å². The summed E-state index contributed by atoms with van der Waals surface area (Å²) in [6, 6.07) is 0. The molecule has 0 saturated carbocycles. The molecule has 15 heteroatoms. The molecule has 1 rings (SSSR count). The summed E-state index contributed by atoms with van der Waals surface area (Å²) in [4.78, 5) is 42.7. The van der Waals surface area contributed by atoms with E-state index in [1.165, 1.54) is 0 Å². The van der Waals surface area contributed by atoms with E-state index in [1.807, 2.05) is 9.80 Å². The minimum atomic E-state index is -0.455. The number of amides is 2. The third-order valence-corrected chi connectivity index (χ3v) is 6.15. The minimum absolute atomic E-state index is 0.0602. The molecule has 42 heavy (non-hydrogen) atoms. The summed E-state index contributed by atoms with van der Waals surface area (Å²) in [6.45, 7) is 4.75. The van der Waals surface area contributed by atoms with Crippen LogP contribution in [0.3, 0.4) is 0 Å². The number of hydrogen-bond donors (Lipinski definition) is 1. The molecule has 242 valence electrons. The normalized spacial score (nSPS) is 11.0. The Hall–Kier alpha value is -2.66. The highest BCUT2D eigenvalue weighted by Crippen LogP contribution is 2.26. The van der Waals surface area contributed by atoms with Gasteiger partial charge >= 0.3 is 0 Å². The van der Waals surface area contributed by atoms with Gasteiger partial charge in [-0.05, 0) is 0 Å². The zero-order chi connectivity index (χ0) is 31.2. The van der Waals surface area contributed by atoms with Crippen molar-refractivity contribution in [3.8, 4) is 0 Å². The Morgan fingerprint density at radius 1 is 0.548 bits per heavy atom. The van der Waals surface area contributed by atoms with E-state index < -0.39 is 5.91 Å². The lowest BCUT2D eigenvalue weighted by Crippen LogP contribution is -2.41. The third kappa shape index (κ3) is 12.7. The quantitative estimate of drug-likeness (QED) is 0.147. The second-order valence-corrected chi connectivity index (χ2v) is 9.04. The fraction of sp³-hybridized carbons (Fsp3) is 0.778. The molecule has 0 aliphatic rings. The molecule has 2 amide bonds. The monoisotopic (exact) mass is 602 g/mol. The van der Waals surface area contributed by atoms with E-state index in [4.69, 9.17) is 43.1 Å². The number of anilines is 2. The number of carbonyl (C=O) groups is 2. The highest BCUT2D eigenvalue weighted by atomic mass is 16.5. The van der Waals surface area contributed by atoms with Crippen molar-refractivity contribution >= 4 is 23.5 Å². The maximum absolute atomic E-state index is 14.2. The minimum Gasteiger partial charge on any atom is -0.383 e. The zero-order valence-electron chi connectivity index (χ0n) is 26.3. The van der Waals surface area contributed by atoms with Crippen LogP contribution in [0.15, 0.2) is 0 Å². The average molecular weight is 603 g/mol. The molecule has 15 nitrogen and oxygen atoms in total. The van der Waals surface area contributed by atoms with Gasteiger partial charge in [-0.1, -0.05) is 0 Å². The van der Waals surface area contributed by atoms with Crippen LogP contribution in [0.25, 0.3) is 0 Å². The predicted octanol–water partition coefficient (Wildman–Crippen LogP) is -0.214. The lowest BCUT2D eigenvalue weighted by molar-refractivity contribution is 0.0621. The fourth-order valence-corrected chi connectivity index (χ4v) is 3.83. The molecule has 0 atom stereocenters. The lowest BCUT2D eigenvalue weighted by Gasteiger charge is -2.30. The van der Waals surface area contributed by atoms with E-state index in [-0.39, 0.29) is 35.5 Å². The van der Waals surface area contributed by atoms with Gasteiger partial charge in [0.1, 0.15) is 0 Å². The topological polar surface area (TPSA) is 146 Å². The van der Waals surface area contributed by atoms with Crippen molar-refractivity contribution in [3.63, 3.8) is 0 Å². The second kappa shape index (κ2) is 22.9. The first-order valence-electron chi connectivity index (χ1n) is 13.9. The highest BCUT2D eigenvalue weighted by molar-refractivity contribution is 6.01. The van der Waals surface area contributed by atoms with Crippen molar-refractivity contribution in [2.45, 2.75) is 0 Å². The summed E-state index contributed by atoms with van der Waals surface area (Å²) in [7, 11) is 11.0. The van der Waals surface area contributed by atoms with Gasteiger partial charge in [0.15, 0.2) is 23.0 Å². The molecule has 0 aliphatic heterocycles. The largest absolute Gasteiger partial charge is 0.383 e. The maximum Gasteiger partial charge on any atom is 0.276 e. The number of nitrogens with zero attached hydrogens (tertiary/aromatic N) is 5. The Labute approximate surface area is 249 Å². The third-order valence-electron chi connectivity index (χ3n) is 6.15. The fourth-order valence-electron chi connectivity index (χ4n) is 3.83. The molecule has 0 fully saturated rings. The van der Waals surface area contributed by atoms with Crippen LogP contribution in [0.4, 0.5) is 11.6 Å². The molecule has 0 spiro atoms. The molecule has 0 radical (unpaired) electrons. The molecule has 0 bridgehead atoms. The van der Waals surface area contributed by atoms with Gasteiger partial charge in [0.25, 0.3) is 11.8 Å². The van der Waals surface area contributed by atoms with Gasteiger partial charge in [-0.3, -0.25) is 9.59 Å². The van der Waals surface area contributed by atoms with Crippen LogP contribution in [-0.2, 0) is 33.2 Å². The highest BCUT2D eigenvalue weighted by Gasteiger charge is 2.30. The number of methoxy groups -OCH3 is 7. The molecule has 0 saturated heterocycles. The van der Waals surface area contributed by atoms with Gasteiger partial charge in [0, 0.05) is 95.6 Å². The number of carbonyl (C=O) groups excluding carboxylic acids is 2. The molecule has 0 unspecified atom stereocenters. The molecule has 0 aliphatic carbocycles. The predicted molar refractivity (Wildman–Crippen MR) is 158 cm³/mol. The summed E-state index contributed by atoms with van der Waals surface area (Å²) < 4.78 is 36.9. The van der Waals surface area contributed by atoms with Gasteiger partial charge in [-0.2, -0.15) is 0 Å². The molecule has 1 N–H and O–H groups in total. The van der Waals surface area contributed by atoms with Crippen LogP contribution < -0.4 is 15.1 Å². The van der Waals surface area contributed by atoms with E-state index in [1.54, 1.807) is 54.7 Å². The number of hydrogen-bond acceptors (Lipinski definition) is 13. The van der Waals surface area contributed by atoms with Gasteiger partial charge in [-0.25, -0.2) is 9.97 Å². The summed E-state index contributed by atoms with van der Waals surface area (Å²) in [5.41, 5.74) is 0.141. The first kappa shape index (κ1) is 37.4. The van der Waals surface area contributed by atoms with E-state index in [2.05, 4.69) is 5.32 Å². The van der Waals surface area contributed by atoms with Crippen molar-refractivity contribution in [1.29, 1.82) is 0 Å². The number of rotatable bonds is 25. The van der Waals surface area contributed by atoms with Gasteiger partial charge in [-0.15, -0.1) is 0 Å². The molecular weight excluding hydrogens is 552 g/mol. The Morgan fingerprint density at radius 2 is 0.905 bits per heavy atom. The average Bonchev–Trinajstić information content (AvgIpc) is 3.00. The summed E-state index contributed by atoms with van der Waals surface area (Å²) in [5.74, 6) is -0.350. The number of ether oxygens (including phenoxy) is 7.